The lowest BCUT2D eigenvalue weighted by atomic mass is 9.88. The van der Waals surface area contributed by atoms with Gasteiger partial charge in [0.05, 0.1) is 26.9 Å². The summed E-state index contributed by atoms with van der Waals surface area (Å²) in [6.45, 7) is 14.3. The molecule has 6 aromatic rings. The number of hydrogen-bond acceptors (Lipinski definition) is 10. The normalized spacial score (nSPS) is 24.0. The van der Waals surface area contributed by atoms with Crippen LogP contribution in [0.25, 0.3) is 4.91 Å². The molecule has 5 nitrogen and oxygen atoms in total. The highest BCUT2D eigenvalue weighted by molar-refractivity contribution is 8.09. The van der Waals surface area contributed by atoms with Crippen molar-refractivity contribution in [2.24, 2.45) is 11.8 Å². The molecule has 0 spiro atoms. The van der Waals surface area contributed by atoms with Gasteiger partial charge in [0.1, 0.15) is 0 Å². The molecule has 10 heteroatoms. The maximum atomic E-state index is 8.02. The summed E-state index contributed by atoms with van der Waals surface area (Å²) in [5.41, 5.74) is 17.0. The number of nitrogens with zero attached hydrogens (tertiary/aromatic N) is 5. The Balaban J connectivity index is 0.000000286. The van der Waals surface area contributed by atoms with Crippen molar-refractivity contribution in [3.63, 3.8) is 0 Å². The maximum absolute atomic E-state index is 8.02. The summed E-state index contributed by atoms with van der Waals surface area (Å²) in [4.78, 5) is 15.8. The minimum atomic E-state index is -2.06. The van der Waals surface area contributed by atoms with Crippen LogP contribution < -0.4 is 24.5 Å². The number of hydrogen-bond donors (Lipinski definition) is 0. The van der Waals surface area contributed by atoms with Crippen LogP contribution in [-0.4, -0.2) is 26.9 Å². The van der Waals surface area contributed by atoms with Crippen LogP contribution >= 0.6 is 58.8 Å². The van der Waals surface area contributed by atoms with Crippen LogP contribution in [0.5, 0.6) is 0 Å². The van der Waals surface area contributed by atoms with E-state index >= 15 is 0 Å². The standard InChI is InChI=1S/C18H25NS.C18H19NS.C17H23NS.2C13H17NS.5CH4/c2*1-13-9-7-8-12-17(13)19-14(2)18(20-15(19)3)16-10-5-4-6-11-16;1-12-8-4-7-11-16(12)18-13(2)17(19-14(18)3)15-9-5-6-10-15;2*1-9-7-5-6-8-13(9)14-10(2)11(3)15-12(14)4;;;;;/h7-9,12,15-16H,4-6,10-11H2,1-3H3;4-12,15H,1-3H3;4,7-8,11,14-15H,5-6,9-10H2,1-3H3;2*5-8,12H,1-4H3;5*1H4/i3*3D3;2*4D3;;;;;. The zero-order valence-corrected chi connectivity index (χ0v) is 58.2. The Morgan fingerprint density at radius 3 is 0.851 bits per heavy atom. The largest absolute Gasteiger partial charge is 0.332 e. The van der Waals surface area contributed by atoms with Crippen molar-refractivity contribution in [2.45, 2.75) is 239 Å². The molecule has 2 saturated carbocycles. The minimum Gasteiger partial charge on any atom is -0.332 e. The average Bonchev–Trinajstić information content (AvgIpc) is 1.64. The third kappa shape index (κ3) is 18.7. The molecule has 0 N–H and O–H groups in total. The van der Waals surface area contributed by atoms with E-state index < -0.39 is 61.1 Å². The summed E-state index contributed by atoms with van der Waals surface area (Å²) in [6.07, 6.45) is 11.2. The van der Waals surface area contributed by atoms with Gasteiger partial charge in [-0.1, -0.05) is 202 Å². The molecule has 94 heavy (non-hydrogen) atoms. The van der Waals surface area contributed by atoms with Crippen molar-refractivity contribution in [3.8, 4) is 0 Å². The predicted molar refractivity (Wildman–Crippen MR) is 437 cm³/mol. The zero-order valence-electron chi connectivity index (χ0n) is 69.1. The van der Waals surface area contributed by atoms with Crippen molar-refractivity contribution in [3.05, 3.63) is 233 Å². The van der Waals surface area contributed by atoms with Crippen molar-refractivity contribution in [1.82, 2.24) is 0 Å². The highest BCUT2D eigenvalue weighted by Gasteiger charge is 2.36. The molecule has 5 atom stereocenters. The maximum Gasteiger partial charge on any atom is 0.0815 e. The third-order valence-electron chi connectivity index (χ3n) is 17.9. The molecule has 5 unspecified atom stereocenters. The van der Waals surface area contributed by atoms with Crippen molar-refractivity contribution >= 4 is 92.2 Å². The Bertz CT molecular complexity index is 4040. The zero-order chi connectivity index (χ0) is 76.1. The number of thioether (sulfide) groups is 5. The van der Waals surface area contributed by atoms with Crippen molar-refractivity contribution < 1.29 is 20.6 Å². The lowest BCUT2D eigenvalue weighted by molar-refractivity contribution is 0.413. The van der Waals surface area contributed by atoms with E-state index in [1.54, 1.807) is 23.5 Å². The third-order valence-corrected chi connectivity index (χ3v) is 23.9. The first-order valence-corrected chi connectivity index (χ1v) is 35.8. The quantitative estimate of drug-likeness (QED) is 0.146. The summed E-state index contributed by atoms with van der Waals surface area (Å²) in [7, 11) is 0. The first-order valence-electron chi connectivity index (χ1n) is 38.9. The molecular weight excluding hydrogens is 1240 g/mol. The van der Waals surface area contributed by atoms with E-state index in [1.807, 2.05) is 210 Å². The van der Waals surface area contributed by atoms with E-state index in [0.29, 0.717) is 11.8 Å². The van der Waals surface area contributed by atoms with Gasteiger partial charge in [0, 0.05) is 102 Å². The molecule has 0 bridgehead atoms. The molecule has 6 aromatic carbocycles. The fourth-order valence-electron chi connectivity index (χ4n) is 12.8. The number of anilines is 5. The molecule has 7 aliphatic rings. The van der Waals surface area contributed by atoms with E-state index in [9.17, 15) is 0 Å². The monoisotopic (exact) mass is 1370 g/mol. The number of para-hydroxylation sites is 5. The summed E-state index contributed by atoms with van der Waals surface area (Å²) < 4.78 is 118. The highest BCUT2D eigenvalue weighted by Crippen LogP contribution is 2.51. The van der Waals surface area contributed by atoms with Gasteiger partial charge in [0.25, 0.3) is 0 Å². The second kappa shape index (κ2) is 37.5. The van der Waals surface area contributed by atoms with Crippen molar-refractivity contribution in [1.29, 1.82) is 0 Å². The van der Waals surface area contributed by atoms with Gasteiger partial charge in [0.2, 0.25) is 0 Å². The van der Waals surface area contributed by atoms with Gasteiger partial charge in [-0.15, -0.1) is 47.0 Å². The Hall–Kier alpha value is -5.23. The van der Waals surface area contributed by atoms with Crippen LogP contribution in [0.15, 0.2) is 200 Å². The molecule has 0 radical (unpaired) electrons. The summed E-state index contributed by atoms with van der Waals surface area (Å²) in [5.74, 6) is 1.11. The minimum absolute atomic E-state index is 0. The van der Waals surface area contributed by atoms with Crippen LogP contribution in [0.2, 0.25) is 0 Å². The van der Waals surface area contributed by atoms with E-state index in [-0.39, 0.29) is 37.1 Å². The Labute approximate surface area is 617 Å². The van der Waals surface area contributed by atoms with Gasteiger partial charge in [-0.3, -0.25) is 0 Å². The fourth-order valence-corrected chi connectivity index (χ4v) is 18.6. The molecule has 0 aromatic heterocycles. The number of allylic oxidation sites excluding steroid dienone is 9. The van der Waals surface area contributed by atoms with Gasteiger partial charge < -0.3 is 24.5 Å². The molecule has 512 valence electrons. The van der Waals surface area contributed by atoms with Gasteiger partial charge in [0.15, 0.2) is 0 Å². The van der Waals surface area contributed by atoms with Crippen LogP contribution in [0, 0.1) is 46.5 Å². The van der Waals surface area contributed by atoms with E-state index in [2.05, 4.69) is 49.6 Å². The molecule has 5 heterocycles. The van der Waals surface area contributed by atoms with Gasteiger partial charge in [-0.05, 0) is 219 Å². The predicted octanol–water partition coefficient (Wildman–Crippen LogP) is 27.8. The van der Waals surface area contributed by atoms with E-state index in [4.69, 9.17) is 20.6 Å². The van der Waals surface area contributed by atoms with Crippen LogP contribution in [0.3, 0.4) is 0 Å². The number of aryl methyl sites for hydroxylation is 5. The van der Waals surface area contributed by atoms with Crippen LogP contribution in [0.4, 0.5) is 28.4 Å². The number of benzene rings is 6. The second-order valence-corrected chi connectivity index (χ2v) is 29.8. The molecular formula is C84H121N5S5. The van der Waals surface area contributed by atoms with Crippen molar-refractivity contribution in [2.75, 3.05) is 24.5 Å². The number of rotatable bonds is 8. The first-order chi connectivity index (χ1) is 48.8. The lowest BCUT2D eigenvalue weighted by Crippen LogP contribution is -2.25. The van der Waals surface area contributed by atoms with Crippen LogP contribution in [0.1, 0.15) is 232 Å². The Kier molecular flexibility index (Phi) is 23.9. The average molecular weight is 1380 g/mol. The summed E-state index contributed by atoms with van der Waals surface area (Å²) in [6, 6.07) is 50.0. The first kappa shape index (κ1) is 60.0. The lowest BCUT2D eigenvalue weighted by Gasteiger charge is -2.27. The molecule has 2 fully saturated rings. The highest BCUT2D eigenvalue weighted by atomic mass is 32.2. The SMILES string of the molecule is C.C.C.C.C.[2H]C([2H])([2H])C1SC(C)=C(C)N1c1ccccc1C.[2H]C([2H])([2H])C1SC(C)=C(C)N1c1ccccc1C.[2H]C([2H])([2H])C1SC(C2CCCC2)=C(C)N1c1ccccc1C.[2H]C([2H])([2H])C1SC(C2CCCCC2)=C(C)N1c1ccccc1C.[2H]C([2H])([2H])C1SC(c2ccccc2)=C(C)N1c1ccccc1C. The van der Waals surface area contributed by atoms with Gasteiger partial charge in [-0.2, -0.15) is 0 Å². The van der Waals surface area contributed by atoms with E-state index in [1.165, 1.54) is 103 Å². The topological polar surface area (TPSA) is 16.2 Å². The molecule has 5 aliphatic heterocycles. The van der Waals surface area contributed by atoms with Gasteiger partial charge >= 0.3 is 0 Å². The summed E-state index contributed by atoms with van der Waals surface area (Å²) in [5, 5.41) is -2.62. The Morgan fingerprint density at radius 1 is 0.287 bits per heavy atom. The fraction of sp³-hybridized carbons (Fsp3) is 0.452. The Morgan fingerprint density at radius 2 is 0.543 bits per heavy atom. The molecule has 2 aliphatic carbocycles. The van der Waals surface area contributed by atoms with E-state index in [0.717, 1.165) is 105 Å². The van der Waals surface area contributed by atoms with Crippen LogP contribution in [-0.2, 0) is 0 Å². The molecule has 0 saturated heterocycles. The molecule has 0 amide bonds. The smallest absolute Gasteiger partial charge is 0.0815 e. The summed E-state index contributed by atoms with van der Waals surface area (Å²) >= 11 is 7.47. The second-order valence-electron chi connectivity index (χ2n) is 23.9. The molecule has 13 rings (SSSR count). The van der Waals surface area contributed by atoms with Gasteiger partial charge in [-0.25, -0.2) is 0 Å².